The van der Waals surface area contributed by atoms with Gasteiger partial charge in [-0.2, -0.15) is 0 Å². The molecule has 14 heteroatoms. The summed E-state index contributed by atoms with van der Waals surface area (Å²) in [5.41, 5.74) is -0.430. The van der Waals surface area contributed by atoms with Crippen LogP contribution in [0.2, 0.25) is 5.02 Å². The molecule has 0 radical (unpaired) electrons. The maximum Gasteiger partial charge on any atom is 0.410 e. The molecule has 2 atom stereocenters. The average molecular weight is 823 g/mol. The van der Waals surface area contributed by atoms with Crippen LogP contribution < -0.4 is 14.4 Å². The lowest BCUT2D eigenvalue weighted by Crippen LogP contribution is -2.58. The van der Waals surface area contributed by atoms with Crippen LogP contribution in [0.4, 0.5) is 14.9 Å². The van der Waals surface area contributed by atoms with E-state index in [1.54, 1.807) is 52.3 Å². The molecule has 2 fully saturated rings. The summed E-state index contributed by atoms with van der Waals surface area (Å²) < 4.78 is 54.6. The molecule has 0 aliphatic carbocycles. The number of ether oxygens (including phenoxy) is 2. The van der Waals surface area contributed by atoms with E-state index in [1.165, 1.54) is 43.5 Å². The highest BCUT2D eigenvalue weighted by atomic mass is 35.5. The van der Waals surface area contributed by atoms with Crippen molar-refractivity contribution in [3.8, 4) is 5.75 Å². The van der Waals surface area contributed by atoms with Gasteiger partial charge in [-0.15, -0.1) is 13.2 Å². The molecule has 2 aliphatic rings. The van der Waals surface area contributed by atoms with Gasteiger partial charge in [0.2, 0.25) is 5.91 Å². The van der Waals surface area contributed by atoms with E-state index in [4.69, 9.17) is 21.1 Å². The molecule has 1 N–H and O–H groups in total. The number of benzene rings is 3. The Morgan fingerprint density at radius 3 is 2.32 bits per heavy atom. The highest BCUT2D eigenvalue weighted by Gasteiger charge is 2.46. The number of halogens is 2. The van der Waals surface area contributed by atoms with Crippen LogP contribution in [-0.2, 0) is 19.6 Å². The van der Waals surface area contributed by atoms with Crippen molar-refractivity contribution in [2.45, 2.75) is 75.3 Å². The zero-order chi connectivity index (χ0) is 41.5. The molecular formula is C43H52ClFN4O7S. The summed E-state index contributed by atoms with van der Waals surface area (Å²) in [5.74, 6) is -1.09. The van der Waals surface area contributed by atoms with Crippen molar-refractivity contribution in [2.24, 2.45) is 5.41 Å². The molecule has 2 heterocycles. The number of hydrogen-bond donors (Lipinski definition) is 1. The van der Waals surface area contributed by atoms with Gasteiger partial charge >= 0.3 is 6.09 Å². The summed E-state index contributed by atoms with van der Waals surface area (Å²) in [4.78, 5) is 45.0. The van der Waals surface area contributed by atoms with Crippen molar-refractivity contribution < 1.29 is 36.7 Å². The van der Waals surface area contributed by atoms with E-state index in [2.05, 4.69) is 18.5 Å². The quantitative estimate of drug-likeness (QED) is 0.174. The van der Waals surface area contributed by atoms with Crippen molar-refractivity contribution in [3.05, 3.63) is 114 Å². The standard InChI is InChI=1S/C43H52ClFN4O7S/c1-7-9-21-43(22-26-47(27-23-43)41(52)56-42(3,4)5)40(51)48-25-20-33(30-14-16-31(45)17-15-30)36(29-48)46-39(50)34-28-32(18-19-35(34)44)57(53,54)49(24-8-2)37-12-10-11-13-38(37)55-6/h7-8,10-19,28,33,36H,1-2,9,20-27,29H2,3-6H3,(H,46,50)/t33-,36-/m1/s1. The maximum atomic E-state index is 14.7. The molecule has 0 aromatic heterocycles. The molecule has 3 aromatic carbocycles. The highest BCUT2D eigenvalue weighted by molar-refractivity contribution is 7.92. The molecular weight excluding hydrogens is 771 g/mol. The van der Waals surface area contributed by atoms with Gasteiger partial charge in [-0.1, -0.05) is 48.0 Å². The number of hydrogen-bond acceptors (Lipinski definition) is 7. The molecule has 3 aromatic rings. The Morgan fingerprint density at radius 2 is 1.68 bits per heavy atom. The largest absolute Gasteiger partial charge is 0.495 e. The van der Waals surface area contributed by atoms with Crippen molar-refractivity contribution >= 4 is 45.2 Å². The smallest absolute Gasteiger partial charge is 0.410 e. The van der Waals surface area contributed by atoms with Gasteiger partial charge in [0, 0.05) is 32.1 Å². The molecule has 11 nitrogen and oxygen atoms in total. The van der Waals surface area contributed by atoms with Crippen LogP contribution in [-0.4, -0.2) is 87.6 Å². The van der Waals surface area contributed by atoms with Crippen molar-refractivity contribution in [1.82, 2.24) is 15.1 Å². The van der Waals surface area contributed by atoms with E-state index < -0.39 is 44.9 Å². The van der Waals surface area contributed by atoms with Crippen LogP contribution in [0.1, 0.15) is 74.7 Å². The van der Waals surface area contributed by atoms with Gasteiger partial charge in [-0.05, 0) is 101 Å². The number of para-hydroxylation sites is 2. The summed E-state index contributed by atoms with van der Waals surface area (Å²) in [7, 11) is -2.82. The molecule has 0 unspecified atom stereocenters. The Balaban J connectivity index is 1.43. The number of rotatable bonds is 13. The molecule has 3 amide bonds. The summed E-state index contributed by atoms with van der Waals surface area (Å²) >= 11 is 6.60. The van der Waals surface area contributed by atoms with E-state index in [1.807, 2.05) is 20.8 Å². The lowest BCUT2D eigenvalue weighted by atomic mass is 9.73. The third kappa shape index (κ3) is 9.99. The Bertz CT molecular complexity index is 2060. The summed E-state index contributed by atoms with van der Waals surface area (Å²) in [6.45, 7) is 14.2. The number of sulfonamides is 1. The molecule has 2 saturated heterocycles. The van der Waals surface area contributed by atoms with Crippen molar-refractivity contribution in [3.63, 3.8) is 0 Å². The van der Waals surface area contributed by atoms with Crippen LogP contribution >= 0.6 is 11.6 Å². The van der Waals surface area contributed by atoms with Crippen LogP contribution in [0.5, 0.6) is 5.75 Å². The van der Waals surface area contributed by atoms with Gasteiger partial charge in [0.25, 0.3) is 15.9 Å². The monoisotopic (exact) mass is 822 g/mol. The maximum absolute atomic E-state index is 14.7. The zero-order valence-electron chi connectivity index (χ0n) is 33.0. The van der Waals surface area contributed by atoms with Crippen LogP contribution in [0, 0.1) is 11.2 Å². The first-order valence-electron chi connectivity index (χ1n) is 19.0. The number of amides is 3. The van der Waals surface area contributed by atoms with Crippen molar-refractivity contribution in [2.75, 3.05) is 44.1 Å². The van der Waals surface area contributed by atoms with E-state index in [0.29, 0.717) is 57.5 Å². The van der Waals surface area contributed by atoms with E-state index in [9.17, 15) is 27.2 Å². The van der Waals surface area contributed by atoms with Gasteiger partial charge in [0.05, 0.1) is 46.3 Å². The molecule has 2 aliphatic heterocycles. The second kappa shape index (κ2) is 18.1. The lowest BCUT2D eigenvalue weighted by molar-refractivity contribution is -0.147. The van der Waals surface area contributed by atoms with Gasteiger partial charge in [0.1, 0.15) is 17.2 Å². The minimum Gasteiger partial charge on any atom is -0.495 e. The molecule has 57 heavy (non-hydrogen) atoms. The van der Waals surface area contributed by atoms with Crippen LogP contribution in [0.15, 0.2) is 96.9 Å². The third-order valence-corrected chi connectivity index (χ3v) is 12.7. The van der Waals surface area contributed by atoms with Gasteiger partial charge in [-0.25, -0.2) is 17.6 Å². The van der Waals surface area contributed by atoms with E-state index >= 15 is 0 Å². The number of anilines is 1. The van der Waals surface area contributed by atoms with Crippen LogP contribution in [0.3, 0.4) is 0 Å². The third-order valence-electron chi connectivity index (χ3n) is 10.6. The first kappa shape index (κ1) is 43.2. The first-order chi connectivity index (χ1) is 27.0. The van der Waals surface area contributed by atoms with E-state index in [-0.39, 0.29) is 46.1 Å². The van der Waals surface area contributed by atoms with Gasteiger partial charge in [0.15, 0.2) is 0 Å². The summed E-state index contributed by atoms with van der Waals surface area (Å²) in [5, 5.41) is 3.10. The number of piperidine rings is 2. The topological polar surface area (TPSA) is 126 Å². The minimum absolute atomic E-state index is 0.0289. The summed E-state index contributed by atoms with van der Waals surface area (Å²) in [6, 6.07) is 16.0. The fourth-order valence-electron chi connectivity index (χ4n) is 7.61. The Labute approximate surface area is 340 Å². The number of nitrogens with one attached hydrogen (secondary N) is 1. The SMILES string of the molecule is C=CCCC1(C(=O)N2CC[C@H](c3ccc(F)cc3)[C@H](NC(=O)c3cc(S(=O)(=O)N(CC=C)c4ccccc4OC)ccc3Cl)C2)CCN(C(=O)OC(C)(C)C)CC1. The van der Waals surface area contributed by atoms with E-state index in [0.717, 1.165) is 9.87 Å². The summed E-state index contributed by atoms with van der Waals surface area (Å²) in [6.07, 6.45) is 5.28. The van der Waals surface area contributed by atoms with Gasteiger partial charge in [-0.3, -0.25) is 13.9 Å². The molecule has 306 valence electrons. The van der Waals surface area contributed by atoms with Crippen LogP contribution in [0.25, 0.3) is 0 Å². The van der Waals surface area contributed by atoms with Crippen molar-refractivity contribution in [1.29, 1.82) is 0 Å². The molecule has 0 spiro atoms. The second-order valence-corrected chi connectivity index (χ2v) is 17.8. The Hall–Kier alpha value is -4.88. The Morgan fingerprint density at radius 1 is 1.00 bits per heavy atom. The number of allylic oxidation sites excluding steroid dienone is 1. The molecule has 5 rings (SSSR count). The predicted molar refractivity (Wildman–Crippen MR) is 220 cm³/mol. The number of methoxy groups -OCH3 is 1. The molecule has 0 bridgehead atoms. The van der Waals surface area contributed by atoms with Gasteiger partial charge < -0.3 is 24.6 Å². The fraction of sp³-hybridized carbons (Fsp3) is 0.419. The fourth-order valence-corrected chi connectivity index (χ4v) is 9.29. The minimum atomic E-state index is -4.26. The number of carbonyl (C=O) groups is 3. The highest BCUT2D eigenvalue weighted by Crippen LogP contribution is 2.41. The number of likely N-dealkylation sites (tertiary alicyclic amines) is 2. The lowest BCUT2D eigenvalue weighted by Gasteiger charge is -2.46. The normalized spacial score (nSPS) is 18.3. The first-order valence-corrected chi connectivity index (χ1v) is 20.9. The second-order valence-electron chi connectivity index (χ2n) is 15.5. The Kier molecular flexibility index (Phi) is 13.8. The predicted octanol–water partition coefficient (Wildman–Crippen LogP) is 7.97. The molecule has 0 saturated carbocycles. The average Bonchev–Trinajstić information content (AvgIpc) is 3.18. The zero-order valence-corrected chi connectivity index (χ0v) is 34.6. The number of nitrogens with zero attached hydrogens (tertiary/aromatic N) is 3. The number of carbonyl (C=O) groups excluding carboxylic acids is 3.